The third-order valence-electron chi connectivity index (χ3n) is 5.06. The molecular formula is C23H23N3O3S. The second kappa shape index (κ2) is 9.09. The van der Waals surface area contributed by atoms with Crippen LogP contribution in [0.5, 0.6) is 5.75 Å². The van der Waals surface area contributed by atoms with Gasteiger partial charge in [0, 0.05) is 29.5 Å². The Morgan fingerprint density at radius 2 is 1.77 bits per heavy atom. The van der Waals surface area contributed by atoms with Gasteiger partial charge in [0.15, 0.2) is 0 Å². The van der Waals surface area contributed by atoms with Gasteiger partial charge in [-0.15, -0.1) is 11.8 Å². The standard InChI is InChI=1S/C23H23N3O3S/c1-29-20-10-6-18(7-11-20)24-23(28)21-15-30-16-26(21)22(27)14-17-4-8-19(9-5-17)25-12-2-3-13-25/h2-13,21H,14-16H2,1H3,(H,24,28). The fraction of sp³-hybridized carbons (Fsp3) is 0.217. The lowest BCUT2D eigenvalue weighted by Gasteiger charge is -2.23. The molecule has 0 radical (unpaired) electrons. The molecule has 1 atom stereocenters. The molecule has 1 aliphatic rings. The SMILES string of the molecule is COc1ccc(NC(=O)C2CSCN2C(=O)Cc2ccc(-n3cccc3)cc2)cc1. The maximum absolute atomic E-state index is 12.9. The maximum Gasteiger partial charge on any atom is 0.248 e. The zero-order valence-electron chi connectivity index (χ0n) is 16.7. The molecule has 2 aromatic carbocycles. The number of nitrogens with one attached hydrogen (secondary N) is 1. The summed E-state index contributed by atoms with van der Waals surface area (Å²) < 4.78 is 7.15. The summed E-state index contributed by atoms with van der Waals surface area (Å²) >= 11 is 1.60. The van der Waals surface area contributed by atoms with Gasteiger partial charge in [0.2, 0.25) is 11.8 Å². The number of thioether (sulfide) groups is 1. The Morgan fingerprint density at radius 1 is 1.07 bits per heavy atom. The van der Waals surface area contributed by atoms with Crippen LogP contribution in [0.3, 0.4) is 0 Å². The van der Waals surface area contributed by atoms with Crippen LogP contribution in [-0.4, -0.2) is 46.1 Å². The number of carbonyl (C=O) groups is 2. The predicted octanol–water partition coefficient (Wildman–Crippen LogP) is 3.57. The molecular weight excluding hydrogens is 398 g/mol. The highest BCUT2D eigenvalue weighted by Crippen LogP contribution is 2.24. The van der Waals surface area contributed by atoms with Crippen molar-refractivity contribution in [1.82, 2.24) is 9.47 Å². The van der Waals surface area contributed by atoms with Crippen LogP contribution in [0.1, 0.15) is 5.56 Å². The van der Waals surface area contributed by atoms with Gasteiger partial charge in [0.25, 0.3) is 0 Å². The minimum absolute atomic E-state index is 0.0383. The summed E-state index contributed by atoms with van der Waals surface area (Å²) in [6.45, 7) is 0. The number of benzene rings is 2. The summed E-state index contributed by atoms with van der Waals surface area (Å²) in [7, 11) is 1.60. The molecule has 7 heteroatoms. The lowest BCUT2D eigenvalue weighted by molar-refractivity contribution is -0.135. The molecule has 1 aromatic heterocycles. The second-order valence-electron chi connectivity index (χ2n) is 7.03. The third kappa shape index (κ3) is 4.52. The van der Waals surface area contributed by atoms with Crippen LogP contribution >= 0.6 is 11.8 Å². The van der Waals surface area contributed by atoms with Crippen LogP contribution in [0.15, 0.2) is 73.1 Å². The van der Waals surface area contributed by atoms with Crippen molar-refractivity contribution < 1.29 is 14.3 Å². The molecule has 0 spiro atoms. The van der Waals surface area contributed by atoms with Gasteiger partial charge in [-0.25, -0.2) is 0 Å². The van der Waals surface area contributed by atoms with E-state index in [4.69, 9.17) is 4.74 Å². The molecule has 0 aliphatic carbocycles. The molecule has 2 heterocycles. The van der Waals surface area contributed by atoms with Crippen LogP contribution in [0.2, 0.25) is 0 Å². The van der Waals surface area contributed by atoms with Crippen LogP contribution in [0.4, 0.5) is 5.69 Å². The minimum atomic E-state index is -0.469. The summed E-state index contributed by atoms with van der Waals surface area (Å²) in [6, 6.07) is 18.5. The molecule has 6 nitrogen and oxygen atoms in total. The predicted molar refractivity (Wildman–Crippen MR) is 119 cm³/mol. The molecule has 1 saturated heterocycles. The zero-order chi connectivity index (χ0) is 20.9. The molecule has 1 fully saturated rings. The van der Waals surface area contributed by atoms with Crippen molar-refractivity contribution in [3.05, 3.63) is 78.6 Å². The van der Waals surface area contributed by atoms with Gasteiger partial charge < -0.3 is 19.5 Å². The highest BCUT2D eigenvalue weighted by molar-refractivity contribution is 7.99. The average Bonchev–Trinajstić information content (AvgIpc) is 3.47. The van der Waals surface area contributed by atoms with Gasteiger partial charge in [0.05, 0.1) is 19.4 Å². The number of hydrogen-bond donors (Lipinski definition) is 1. The van der Waals surface area contributed by atoms with E-state index >= 15 is 0 Å². The number of anilines is 1. The fourth-order valence-electron chi connectivity index (χ4n) is 3.37. The van der Waals surface area contributed by atoms with Crippen LogP contribution in [0, 0.1) is 0 Å². The van der Waals surface area contributed by atoms with E-state index < -0.39 is 6.04 Å². The number of carbonyl (C=O) groups excluding carboxylic acids is 2. The Hall–Kier alpha value is -3.19. The van der Waals surface area contributed by atoms with E-state index in [1.165, 1.54) is 0 Å². The number of ether oxygens (including phenoxy) is 1. The van der Waals surface area contributed by atoms with Crippen LogP contribution in [0.25, 0.3) is 5.69 Å². The van der Waals surface area contributed by atoms with Gasteiger partial charge in [0.1, 0.15) is 11.8 Å². The van der Waals surface area contributed by atoms with Crippen molar-refractivity contribution in [2.75, 3.05) is 24.1 Å². The lowest BCUT2D eigenvalue weighted by Crippen LogP contribution is -2.45. The third-order valence-corrected chi connectivity index (χ3v) is 6.07. The van der Waals surface area contributed by atoms with Crippen molar-refractivity contribution in [3.8, 4) is 11.4 Å². The van der Waals surface area contributed by atoms with E-state index in [0.717, 1.165) is 17.0 Å². The van der Waals surface area contributed by atoms with Crippen molar-refractivity contribution in [2.24, 2.45) is 0 Å². The van der Waals surface area contributed by atoms with E-state index in [9.17, 15) is 9.59 Å². The van der Waals surface area contributed by atoms with Gasteiger partial charge in [-0.05, 0) is 54.1 Å². The summed E-state index contributed by atoms with van der Waals surface area (Å²) in [5.74, 6) is 1.65. The van der Waals surface area contributed by atoms with Gasteiger partial charge in [-0.1, -0.05) is 12.1 Å². The fourth-order valence-corrected chi connectivity index (χ4v) is 4.55. The van der Waals surface area contributed by atoms with Gasteiger partial charge in [-0.2, -0.15) is 0 Å². The normalized spacial score (nSPS) is 15.8. The van der Waals surface area contributed by atoms with E-state index in [-0.39, 0.29) is 18.2 Å². The monoisotopic (exact) mass is 421 g/mol. The summed E-state index contributed by atoms with van der Waals surface area (Å²) in [5.41, 5.74) is 2.66. The quantitative estimate of drug-likeness (QED) is 0.661. The first kappa shape index (κ1) is 20.1. The zero-order valence-corrected chi connectivity index (χ0v) is 17.5. The Morgan fingerprint density at radius 3 is 2.43 bits per heavy atom. The maximum atomic E-state index is 12.9. The Bertz CT molecular complexity index is 1000. The number of aromatic nitrogens is 1. The lowest BCUT2D eigenvalue weighted by atomic mass is 10.1. The van der Waals surface area contributed by atoms with E-state index in [2.05, 4.69) is 5.32 Å². The molecule has 0 bridgehead atoms. The largest absolute Gasteiger partial charge is 0.497 e. The molecule has 2 amide bonds. The van der Waals surface area contributed by atoms with Crippen LogP contribution < -0.4 is 10.1 Å². The van der Waals surface area contributed by atoms with Gasteiger partial charge in [-0.3, -0.25) is 9.59 Å². The Labute approximate surface area is 179 Å². The van der Waals surface area contributed by atoms with Crippen molar-refractivity contribution in [3.63, 3.8) is 0 Å². The van der Waals surface area contributed by atoms with E-state index in [1.807, 2.05) is 53.4 Å². The Balaban J connectivity index is 1.38. The second-order valence-corrected chi connectivity index (χ2v) is 8.03. The number of methoxy groups -OCH3 is 1. The first-order valence-corrected chi connectivity index (χ1v) is 10.8. The highest BCUT2D eigenvalue weighted by Gasteiger charge is 2.34. The minimum Gasteiger partial charge on any atom is -0.497 e. The molecule has 0 saturated carbocycles. The first-order valence-electron chi connectivity index (χ1n) is 9.68. The molecule has 30 heavy (non-hydrogen) atoms. The first-order chi connectivity index (χ1) is 14.6. The summed E-state index contributed by atoms with van der Waals surface area (Å²) in [6.07, 6.45) is 4.24. The summed E-state index contributed by atoms with van der Waals surface area (Å²) in [4.78, 5) is 27.3. The molecule has 3 aromatic rings. The van der Waals surface area contributed by atoms with Crippen molar-refractivity contribution in [1.29, 1.82) is 0 Å². The molecule has 154 valence electrons. The van der Waals surface area contributed by atoms with E-state index in [1.54, 1.807) is 48.0 Å². The summed E-state index contributed by atoms with van der Waals surface area (Å²) in [5, 5.41) is 2.90. The molecule has 4 rings (SSSR count). The number of nitrogens with zero attached hydrogens (tertiary/aromatic N) is 2. The number of hydrogen-bond acceptors (Lipinski definition) is 4. The number of rotatable bonds is 6. The van der Waals surface area contributed by atoms with Crippen molar-refractivity contribution >= 4 is 29.3 Å². The molecule has 1 unspecified atom stereocenters. The van der Waals surface area contributed by atoms with Crippen molar-refractivity contribution in [2.45, 2.75) is 12.5 Å². The Kier molecular flexibility index (Phi) is 6.09. The average molecular weight is 422 g/mol. The highest BCUT2D eigenvalue weighted by atomic mass is 32.2. The van der Waals surface area contributed by atoms with E-state index in [0.29, 0.717) is 17.3 Å². The molecule has 1 N–H and O–H groups in total. The van der Waals surface area contributed by atoms with Crippen LogP contribution in [-0.2, 0) is 16.0 Å². The topological polar surface area (TPSA) is 63.6 Å². The molecule has 1 aliphatic heterocycles. The number of amides is 2. The smallest absolute Gasteiger partial charge is 0.248 e. The van der Waals surface area contributed by atoms with Gasteiger partial charge >= 0.3 is 0 Å².